The normalized spacial score (nSPS) is 46.6. The zero-order valence-electron chi connectivity index (χ0n) is 22.3. The zero-order valence-corrected chi connectivity index (χ0v) is 22.3. The Morgan fingerprint density at radius 1 is 1.08 bits per heavy atom. The number of carbonyl (C=O) groups is 3. The summed E-state index contributed by atoms with van der Waals surface area (Å²) in [7, 11) is 0. The monoisotopic (exact) mass is 504 g/mol. The van der Waals surface area contributed by atoms with Gasteiger partial charge in [0, 0.05) is 29.2 Å². The number of aliphatic hydroxyl groups is 1. The fourth-order valence-corrected chi connectivity index (χ4v) is 8.13. The minimum Gasteiger partial charge on any atom is -0.446 e. The number of aliphatic hydroxyl groups excluding tert-OH is 1. The van der Waals surface area contributed by atoms with Crippen LogP contribution in [0.1, 0.15) is 85.5 Å². The quantitative estimate of drug-likeness (QED) is 0.483. The Bertz CT molecular complexity index is 900. The number of alkyl carbamates (subject to hydrolysis) is 2. The largest absolute Gasteiger partial charge is 0.446 e. The molecular weight excluding hydrogens is 460 g/mol. The summed E-state index contributed by atoms with van der Waals surface area (Å²) in [5.74, 6) is -0.110. The van der Waals surface area contributed by atoms with E-state index in [1.807, 2.05) is 6.92 Å². The van der Waals surface area contributed by atoms with Crippen LogP contribution in [0, 0.1) is 34.0 Å². The molecular formula is C28H44N2O6. The number of Topliss-reactive ketones (excluding diaryl/α,β-unsaturated/α-hetero) is 1. The Kier molecular flexibility index (Phi) is 7.34. The Hall–Kier alpha value is -1.93. The van der Waals surface area contributed by atoms with Crippen molar-refractivity contribution in [2.24, 2.45) is 39.7 Å². The van der Waals surface area contributed by atoms with Crippen molar-refractivity contribution in [1.82, 2.24) is 5.32 Å². The Labute approximate surface area is 214 Å². The van der Waals surface area contributed by atoms with Crippen molar-refractivity contribution < 1.29 is 29.0 Å². The predicted octanol–water partition coefficient (Wildman–Crippen LogP) is 4.48. The van der Waals surface area contributed by atoms with E-state index in [0.29, 0.717) is 25.7 Å². The highest BCUT2D eigenvalue weighted by Gasteiger charge is 2.68. The lowest BCUT2D eigenvalue weighted by Gasteiger charge is -2.61. The van der Waals surface area contributed by atoms with E-state index in [9.17, 15) is 19.5 Å². The Morgan fingerprint density at radius 3 is 2.36 bits per heavy atom. The number of hydrogen-bond acceptors (Lipinski definition) is 7. The van der Waals surface area contributed by atoms with Gasteiger partial charge in [-0.2, -0.15) is 0 Å². The minimum absolute atomic E-state index is 0.0999. The first-order chi connectivity index (χ1) is 16.9. The number of nitrogens with two attached hydrogens (primary N) is 1. The molecule has 4 aliphatic carbocycles. The molecule has 2 bridgehead atoms. The topological polar surface area (TPSA) is 128 Å². The molecule has 0 radical (unpaired) electrons. The van der Waals surface area contributed by atoms with E-state index >= 15 is 0 Å². The first-order valence-corrected chi connectivity index (χ1v) is 13.7. The highest BCUT2D eigenvalue weighted by Crippen LogP contribution is 2.67. The molecule has 4 saturated carbocycles. The molecule has 4 N–H and O–H groups in total. The molecule has 4 aliphatic rings. The number of carbonyl (C=O) groups excluding carboxylic acids is 3. The van der Waals surface area contributed by atoms with Crippen LogP contribution < -0.4 is 11.1 Å². The molecule has 0 aromatic heterocycles. The lowest BCUT2D eigenvalue weighted by Crippen LogP contribution is -2.63. The van der Waals surface area contributed by atoms with Gasteiger partial charge in [-0.25, -0.2) is 14.9 Å². The first kappa shape index (κ1) is 27.1. The van der Waals surface area contributed by atoms with Gasteiger partial charge in [-0.1, -0.05) is 33.8 Å². The van der Waals surface area contributed by atoms with Crippen LogP contribution in [0.15, 0.2) is 12.7 Å². The first-order valence-electron chi connectivity index (χ1n) is 13.7. The minimum atomic E-state index is -0.887. The second-order valence-corrected chi connectivity index (χ2v) is 12.5. The van der Waals surface area contributed by atoms with Gasteiger partial charge in [0.25, 0.3) is 0 Å². The molecule has 4 rings (SSSR count). The molecule has 1 unspecified atom stereocenters. The van der Waals surface area contributed by atoms with E-state index in [0.717, 1.165) is 32.1 Å². The number of ether oxygens (including phenoxy) is 2. The van der Waals surface area contributed by atoms with E-state index in [4.69, 9.17) is 15.2 Å². The van der Waals surface area contributed by atoms with Gasteiger partial charge in [0.15, 0.2) is 0 Å². The van der Waals surface area contributed by atoms with Gasteiger partial charge in [0.1, 0.15) is 18.0 Å². The van der Waals surface area contributed by atoms with Gasteiger partial charge in [0.2, 0.25) is 0 Å². The molecule has 8 heteroatoms. The summed E-state index contributed by atoms with van der Waals surface area (Å²) < 4.78 is 11.4. The van der Waals surface area contributed by atoms with Crippen molar-refractivity contribution in [3.63, 3.8) is 0 Å². The molecule has 0 spiro atoms. The molecule has 2 amide bonds. The van der Waals surface area contributed by atoms with Gasteiger partial charge >= 0.3 is 12.2 Å². The number of hydrogen-bond donors (Lipinski definition) is 3. The summed E-state index contributed by atoms with van der Waals surface area (Å²) in [5.41, 5.74) is 4.21. The Balaban J connectivity index is 1.59. The van der Waals surface area contributed by atoms with Crippen molar-refractivity contribution in [1.29, 1.82) is 0 Å². The van der Waals surface area contributed by atoms with Crippen LogP contribution in [0.4, 0.5) is 9.59 Å². The number of amides is 2. The van der Waals surface area contributed by atoms with Crippen LogP contribution in [0.3, 0.4) is 0 Å². The average Bonchev–Trinajstić information content (AvgIpc) is 3.19. The Morgan fingerprint density at radius 2 is 1.72 bits per heavy atom. The molecule has 0 aliphatic heterocycles. The zero-order chi connectivity index (χ0) is 26.5. The second kappa shape index (κ2) is 9.75. The third-order valence-electron chi connectivity index (χ3n) is 10.7. The van der Waals surface area contributed by atoms with Crippen molar-refractivity contribution in [3.05, 3.63) is 12.7 Å². The maximum atomic E-state index is 13.4. The number of rotatable bonds is 3. The van der Waals surface area contributed by atoms with E-state index < -0.39 is 35.2 Å². The van der Waals surface area contributed by atoms with Crippen molar-refractivity contribution >= 4 is 18.0 Å². The molecule has 0 saturated heterocycles. The highest BCUT2D eigenvalue weighted by molar-refractivity contribution is 5.88. The average molecular weight is 505 g/mol. The number of ketones is 1. The van der Waals surface area contributed by atoms with E-state index in [1.54, 1.807) is 6.08 Å². The van der Waals surface area contributed by atoms with Gasteiger partial charge in [-0.15, -0.1) is 6.58 Å². The summed E-state index contributed by atoms with van der Waals surface area (Å²) >= 11 is 0. The van der Waals surface area contributed by atoms with Crippen LogP contribution in [0.25, 0.3) is 0 Å². The lowest BCUT2D eigenvalue weighted by molar-refractivity contribution is -0.191. The van der Waals surface area contributed by atoms with E-state index in [1.165, 1.54) is 0 Å². The molecule has 0 aromatic rings. The van der Waals surface area contributed by atoms with Crippen LogP contribution in [-0.2, 0) is 14.3 Å². The SMILES string of the molecule is C=C[C@]1(C)C[C@@H](OC(=O)NC(=O)OC2CCC(N)CC2)[C@]2(C)[C@H](C)CCC3(CCC(=O)[C@H]32)[C@@H](C)[C@@H]1O. The number of imide groups is 1. The lowest BCUT2D eigenvalue weighted by atomic mass is 9.44. The molecule has 8 nitrogen and oxygen atoms in total. The van der Waals surface area contributed by atoms with Crippen LogP contribution in [0.2, 0.25) is 0 Å². The smallest absolute Gasteiger partial charge is 0.416 e. The molecule has 0 heterocycles. The molecule has 8 atom stereocenters. The fraction of sp³-hybridized carbons (Fsp3) is 0.821. The van der Waals surface area contributed by atoms with Crippen LogP contribution in [-0.4, -0.2) is 47.4 Å². The van der Waals surface area contributed by atoms with Gasteiger partial charge in [-0.05, 0) is 68.6 Å². The summed E-state index contributed by atoms with van der Waals surface area (Å²) in [5, 5.41) is 13.8. The third kappa shape index (κ3) is 4.38. The summed E-state index contributed by atoms with van der Waals surface area (Å²) in [6.07, 6.45) is 4.49. The van der Waals surface area contributed by atoms with Crippen LogP contribution in [0.5, 0.6) is 0 Å². The molecule has 202 valence electrons. The summed E-state index contributed by atoms with van der Waals surface area (Å²) in [4.78, 5) is 38.9. The highest BCUT2D eigenvalue weighted by atomic mass is 16.6. The fourth-order valence-electron chi connectivity index (χ4n) is 8.13. The second-order valence-electron chi connectivity index (χ2n) is 12.5. The summed E-state index contributed by atoms with van der Waals surface area (Å²) in [6.45, 7) is 12.2. The standard InChI is InChI=1S/C28H44N2O6/c1-6-26(4)15-21(36-25(34)30-24(33)35-19-9-7-18(29)8-10-19)27(5)16(2)11-13-28(17(3)23(26)32)14-12-20(31)22(27)28/h6,16-19,21-23,32H,1,7-15,29H2,2-5H3,(H,30,33,34)/t16-,17+,18?,19?,21-,22+,23+,26-,27+,28?/m1/s1. The van der Waals surface area contributed by atoms with E-state index in [2.05, 4.69) is 32.7 Å². The van der Waals surface area contributed by atoms with Crippen molar-refractivity contribution in [2.75, 3.05) is 0 Å². The van der Waals surface area contributed by atoms with Crippen molar-refractivity contribution in [3.8, 4) is 0 Å². The third-order valence-corrected chi connectivity index (χ3v) is 10.7. The molecule has 0 aromatic carbocycles. The molecule has 4 fully saturated rings. The van der Waals surface area contributed by atoms with Gasteiger partial charge in [-0.3, -0.25) is 4.79 Å². The van der Waals surface area contributed by atoms with Crippen LogP contribution >= 0.6 is 0 Å². The summed E-state index contributed by atoms with van der Waals surface area (Å²) in [6, 6.07) is 0.123. The number of nitrogens with one attached hydrogen (secondary N) is 1. The maximum Gasteiger partial charge on any atom is 0.416 e. The van der Waals surface area contributed by atoms with Gasteiger partial charge in [0.05, 0.1) is 6.10 Å². The maximum absolute atomic E-state index is 13.4. The molecule has 36 heavy (non-hydrogen) atoms. The van der Waals surface area contributed by atoms with Gasteiger partial charge < -0.3 is 20.3 Å². The van der Waals surface area contributed by atoms with E-state index in [-0.39, 0.29) is 41.1 Å². The predicted molar refractivity (Wildman–Crippen MR) is 135 cm³/mol. The van der Waals surface area contributed by atoms with Crippen molar-refractivity contribution in [2.45, 2.75) is 110 Å².